The van der Waals surface area contributed by atoms with Gasteiger partial charge in [0.05, 0.1) is 5.30 Å². The van der Waals surface area contributed by atoms with Crippen LogP contribution in [0, 0.1) is 0 Å². The monoisotopic (exact) mass is 353 g/mol. The van der Waals surface area contributed by atoms with Gasteiger partial charge in [-0.25, -0.2) is 0 Å². The van der Waals surface area contributed by atoms with Crippen LogP contribution in [-0.4, -0.2) is 0 Å². The predicted molar refractivity (Wildman–Crippen MR) is 115 cm³/mol. The standard InChI is InChI=1S/C25H21P/c1-5-13-21(14-6-1)25(22-15-7-2-8-16-22,23-17-9-3-10-18-23)26-24-19-11-4-12-20-24/h1-20,26H/p+1. The van der Waals surface area contributed by atoms with Gasteiger partial charge >= 0.3 is 0 Å². The molecule has 0 aromatic heterocycles. The first-order valence-corrected chi connectivity index (χ1v) is 10.1. The molecule has 0 aliphatic heterocycles. The number of rotatable bonds is 5. The Morgan fingerprint density at radius 1 is 0.385 bits per heavy atom. The van der Waals surface area contributed by atoms with E-state index in [1.54, 1.807) is 0 Å². The third-order valence-electron chi connectivity index (χ3n) is 4.87. The van der Waals surface area contributed by atoms with Gasteiger partial charge in [0.25, 0.3) is 0 Å². The molecule has 1 unspecified atom stereocenters. The Bertz CT molecular complexity index is 836. The van der Waals surface area contributed by atoms with Crippen molar-refractivity contribution in [3.63, 3.8) is 0 Å². The van der Waals surface area contributed by atoms with Crippen molar-refractivity contribution >= 4 is 13.9 Å². The maximum Gasteiger partial charge on any atom is 0.154 e. The summed E-state index contributed by atoms with van der Waals surface area (Å²) >= 11 is 0. The van der Waals surface area contributed by atoms with Crippen LogP contribution < -0.4 is 5.30 Å². The van der Waals surface area contributed by atoms with Gasteiger partial charge in [-0.2, -0.15) is 0 Å². The highest BCUT2D eigenvalue weighted by Gasteiger charge is 2.42. The smallest absolute Gasteiger partial charge is 0.0622 e. The molecule has 0 saturated carbocycles. The molecular formula is C25H22P+. The van der Waals surface area contributed by atoms with Crippen molar-refractivity contribution in [3.8, 4) is 0 Å². The largest absolute Gasteiger partial charge is 0.154 e. The Labute approximate surface area is 157 Å². The summed E-state index contributed by atoms with van der Waals surface area (Å²) in [6, 6.07) is 43.8. The zero-order chi connectivity index (χ0) is 17.7. The van der Waals surface area contributed by atoms with Gasteiger partial charge in [0.2, 0.25) is 0 Å². The molecule has 26 heavy (non-hydrogen) atoms. The van der Waals surface area contributed by atoms with E-state index in [0.717, 1.165) is 0 Å². The lowest BCUT2D eigenvalue weighted by molar-refractivity contribution is 0.891. The van der Waals surface area contributed by atoms with Gasteiger partial charge in [-0.05, 0) is 12.1 Å². The molecule has 0 amide bonds. The maximum absolute atomic E-state index is 2.27. The summed E-state index contributed by atoms with van der Waals surface area (Å²) < 4.78 is 0. The third kappa shape index (κ3) is 3.21. The Hall–Kier alpha value is -2.69. The topological polar surface area (TPSA) is 0 Å². The van der Waals surface area contributed by atoms with Crippen LogP contribution in [0.5, 0.6) is 0 Å². The molecule has 0 radical (unpaired) electrons. The molecule has 126 valence electrons. The van der Waals surface area contributed by atoms with Crippen molar-refractivity contribution in [3.05, 3.63) is 138 Å². The molecule has 4 aromatic rings. The van der Waals surface area contributed by atoms with E-state index >= 15 is 0 Å². The second-order valence-corrected chi connectivity index (χ2v) is 8.28. The van der Waals surface area contributed by atoms with Crippen molar-refractivity contribution in [2.24, 2.45) is 0 Å². The molecule has 1 heteroatoms. The van der Waals surface area contributed by atoms with Crippen LogP contribution in [0.25, 0.3) is 0 Å². The fourth-order valence-electron chi connectivity index (χ4n) is 3.65. The van der Waals surface area contributed by atoms with Gasteiger partial charge in [-0.1, -0.05) is 109 Å². The van der Waals surface area contributed by atoms with Crippen LogP contribution in [0.3, 0.4) is 0 Å². The number of hydrogen-bond acceptors (Lipinski definition) is 0. The molecule has 0 spiro atoms. The van der Waals surface area contributed by atoms with Crippen LogP contribution in [0.1, 0.15) is 16.7 Å². The Morgan fingerprint density at radius 2 is 0.692 bits per heavy atom. The summed E-state index contributed by atoms with van der Waals surface area (Å²) in [5.74, 6) is 0. The van der Waals surface area contributed by atoms with Crippen LogP contribution in [-0.2, 0) is 5.16 Å². The second-order valence-electron chi connectivity index (χ2n) is 6.46. The summed E-state index contributed by atoms with van der Waals surface area (Å²) in [6.45, 7) is 0. The van der Waals surface area contributed by atoms with Gasteiger partial charge in [-0.3, -0.25) is 0 Å². The minimum atomic E-state index is -0.134. The van der Waals surface area contributed by atoms with E-state index in [1.807, 2.05) is 0 Å². The molecule has 0 aliphatic carbocycles. The van der Waals surface area contributed by atoms with Gasteiger partial charge in [-0.15, -0.1) is 0 Å². The molecule has 0 saturated heterocycles. The van der Waals surface area contributed by atoms with Crippen molar-refractivity contribution in [1.82, 2.24) is 0 Å². The summed E-state index contributed by atoms with van der Waals surface area (Å²) in [5, 5.41) is 1.29. The Morgan fingerprint density at radius 3 is 1.04 bits per heavy atom. The van der Waals surface area contributed by atoms with Crippen LogP contribution >= 0.6 is 8.58 Å². The van der Waals surface area contributed by atoms with Gasteiger partial charge in [0.1, 0.15) is 0 Å². The molecule has 0 heterocycles. The van der Waals surface area contributed by atoms with E-state index in [4.69, 9.17) is 0 Å². The molecule has 0 aliphatic rings. The van der Waals surface area contributed by atoms with Gasteiger partial charge < -0.3 is 0 Å². The Balaban J connectivity index is 2.00. The first kappa shape index (κ1) is 16.8. The quantitative estimate of drug-likeness (QED) is 0.318. The summed E-state index contributed by atoms with van der Waals surface area (Å²) in [6.07, 6.45) is 0. The summed E-state index contributed by atoms with van der Waals surface area (Å²) in [4.78, 5) is 0. The number of benzene rings is 4. The average molecular weight is 353 g/mol. The molecule has 0 N–H and O–H groups in total. The van der Waals surface area contributed by atoms with Crippen molar-refractivity contribution in [2.45, 2.75) is 5.16 Å². The van der Waals surface area contributed by atoms with Gasteiger partial charge in [0.15, 0.2) is 5.16 Å². The second kappa shape index (κ2) is 7.68. The highest BCUT2D eigenvalue weighted by Crippen LogP contribution is 2.51. The first-order chi connectivity index (χ1) is 12.9. The molecule has 1 atom stereocenters. The zero-order valence-corrected chi connectivity index (χ0v) is 15.8. The van der Waals surface area contributed by atoms with Crippen molar-refractivity contribution in [1.29, 1.82) is 0 Å². The minimum Gasteiger partial charge on any atom is -0.0622 e. The molecular weight excluding hydrogens is 331 g/mol. The molecule has 0 nitrogen and oxygen atoms in total. The summed E-state index contributed by atoms with van der Waals surface area (Å²) in [5.41, 5.74) is 4.07. The van der Waals surface area contributed by atoms with Gasteiger partial charge in [0, 0.05) is 25.3 Å². The summed E-state index contributed by atoms with van der Waals surface area (Å²) in [7, 11) is -0.0505. The van der Waals surface area contributed by atoms with Crippen LogP contribution in [0.4, 0.5) is 0 Å². The Kier molecular flexibility index (Phi) is 4.95. The predicted octanol–water partition coefficient (Wildman–Crippen LogP) is 5.71. The first-order valence-electron chi connectivity index (χ1n) is 8.97. The lowest BCUT2D eigenvalue weighted by atomic mass is 9.84. The average Bonchev–Trinajstić information content (AvgIpc) is 2.75. The molecule has 0 fully saturated rings. The fourth-order valence-corrected chi connectivity index (χ4v) is 5.64. The molecule has 4 rings (SSSR count). The normalized spacial score (nSPS) is 11.7. The van der Waals surface area contributed by atoms with E-state index in [2.05, 4.69) is 121 Å². The maximum atomic E-state index is 2.27. The van der Waals surface area contributed by atoms with E-state index in [1.165, 1.54) is 22.0 Å². The third-order valence-corrected chi connectivity index (χ3v) is 7.02. The number of hydrogen-bond donors (Lipinski definition) is 0. The van der Waals surface area contributed by atoms with Crippen molar-refractivity contribution in [2.75, 3.05) is 0 Å². The zero-order valence-electron chi connectivity index (χ0n) is 14.6. The lowest BCUT2D eigenvalue weighted by Crippen LogP contribution is -2.26. The van der Waals surface area contributed by atoms with E-state index in [0.29, 0.717) is 0 Å². The van der Waals surface area contributed by atoms with E-state index in [-0.39, 0.29) is 13.7 Å². The van der Waals surface area contributed by atoms with Crippen LogP contribution in [0.2, 0.25) is 0 Å². The lowest BCUT2D eigenvalue weighted by Gasteiger charge is -2.30. The van der Waals surface area contributed by atoms with Crippen LogP contribution in [0.15, 0.2) is 121 Å². The highest BCUT2D eigenvalue weighted by molar-refractivity contribution is 7.49. The SMILES string of the molecule is c1ccc([PH2+]C(c2ccccc2)(c2ccccc2)c2ccccc2)cc1. The molecule has 4 aromatic carbocycles. The van der Waals surface area contributed by atoms with E-state index in [9.17, 15) is 0 Å². The fraction of sp³-hybridized carbons (Fsp3) is 0.0400. The minimum absolute atomic E-state index is 0.0505. The highest BCUT2D eigenvalue weighted by atomic mass is 31.1. The van der Waals surface area contributed by atoms with E-state index < -0.39 is 0 Å². The molecule has 0 bridgehead atoms. The van der Waals surface area contributed by atoms with Crippen molar-refractivity contribution < 1.29 is 0 Å².